The third-order valence-corrected chi connectivity index (χ3v) is 4.72. The van der Waals surface area contributed by atoms with Crippen LogP contribution in [0.4, 0.5) is 9.18 Å². The van der Waals surface area contributed by atoms with E-state index in [1.54, 1.807) is 12.1 Å². The SMILES string of the molecule is CC(C)(CCCO)[C@H]1CC[C@@H](c2cccc(F)c2)N1C(=O)O. The first-order valence-electron chi connectivity index (χ1n) is 7.74. The Balaban J connectivity index is 2.26. The molecule has 1 fully saturated rings. The molecule has 122 valence electrons. The van der Waals surface area contributed by atoms with Crippen LogP contribution in [0.15, 0.2) is 24.3 Å². The van der Waals surface area contributed by atoms with Crippen molar-refractivity contribution in [3.63, 3.8) is 0 Å². The predicted octanol–water partition coefficient (Wildman–Crippen LogP) is 3.81. The van der Waals surface area contributed by atoms with Crippen LogP contribution in [-0.4, -0.2) is 33.9 Å². The maximum absolute atomic E-state index is 13.5. The summed E-state index contributed by atoms with van der Waals surface area (Å²) in [6, 6.07) is 5.77. The third kappa shape index (κ3) is 3.40. The van der Waals surface area contributed by atoms with Crippen LogP contribution in [0.5, 0.6) is 0 Å². The molecule has 2 N–H and O–H groups in total. The van der Waals surface area contributed by atoms with Gasteiger partial charge in [0.05, 0.1) is 6.04 Å². The van der Waals surface area contributed by atoms with Gasteiger partial charge in [-0.05, 0) is 48.8 Å². The number of carbonyl (C=O) groups is 1. The van der Waals surface area contributed by atoms with Crippen LogP contribution in [0.25, 0.3) is 0 Å². The molecule has 0 aliphatic carbocycles. The van der Waals surface area contributed by atoms with E-state index in [0.717, 1.165) is 12.8 Å². The first-order valence-corrected chi connectivity index (χ1v) is 7.74. The summed E-state index contributed by atoms with van der Waals surface area (Å²) in [6.45, 7) is 4.19. The van der Waals surface area contributed by atoms with Gasteiger partial charge in [0, 0.05) is 12.6 Å². The molecule has 1 aliphatic rings. The van der Waals surface area contributed by atoms with E-state index < -0.39 is 6.09 Å². The Morgan fingerprint density at radius 3 is 2.73 bits per heavy atom. The monoisotopic (exact) mass is 309 g/mol. The molecule has 0 saturated carbocycles. The molecule has 0 bridgehead atoms. The lowest BCUT2D eigenvalue weighted by Gasteiger charge is -2.38. The van der Waals surface area contributed by atoms with Gasteiger partial charge < -0.3 is 10.2 Å². The summed E-state index contributed by atoms with van der Waals surface area (Å²) in [5.41, 5.74) is 0.492. The van der Waals surface area contributed by atoms with Gasteiger partial charge in [-0.2, -0.15) is 0 Å². The molecule has 2 atom stereocenters. The second-order valence-corrected chi connectivity index (χ2v) is 6.67. The lowest BCUT2D eigenvalue weighted by Crippen LogP contribution is -2.44. The predicted molar refractivity (Wildman–Crippen MR) is 82.1 cm³/mol. The summed E-state index contributed by atoms with van der Waals surface area (Å²) in [7, 11) is 0. The lowest BCUT2D eigenvalue weighted by atomic mass is 9.79. The Morgan fingerprint density at radius 2 is 2.14 bits per heavy atom. The number of rotatable bonds is 5. The summed E-state index contributed by atoms with van der Waals surface area (Å²) < 4.78 is 13.5. The van der Waals surface area contributed by atoms with Gasteiger partial charge in [0.2, 0.25) is 0 Å². The molecule has 2 rings (SSSR count). The van der Waals surface area contributed by atoms with Crippen LogP contribution in [-0.2, 0) is 0 Å². The van der Waals surface area contributed by atoms with E-state index in [2.05, 4.69) is 0 Å². The maximum atomic E-state index is 13.5. The second kappa shape index (κ2) is 6.65. The Kier molecular flexibility index (Phi) is 5.06. The highest BCUT2D eigenvalue weighted by Crippen LogP contribution is 2.45. The van der Waals surface area contributed by atoms with E-state index in [-0.39, 0.29) is 29.9 Å². The molecule has 0 spiro atoms. The fourth-order valence-electron chi connectivity index (χ4n) is 3.59. The molecule has 22 heavy (non-hydrogen) atoms. The summed E-state index contributed by atoms with van der Waals surface area (Å²) in [4.78, 5) is 13.3. The Hall–Kier alpha value is -1.62. The van der Waals surface area contributed by atoms with Crippen LogP contribution in [0.1, 0.15) is 51.1 Å². The zero-order valence-corrected chi connectivity index (χ0v) is 13.1. The van der Waals surface area contributed by atoms with Crippen LogP contribution < -0.4 is 0 Å². The fourth-order valence-corrected chi connectivity index (χ4v) is 3.59. The van der Waals surface area contributed by atoms with E-state index in [1.165, 1.54) is 17.0 Å². The smallest absolute Gasteiger partial charge is 0.408 e. The van der Waals surface area contributed by atoms with Gasteiger partial charge in [-0.1, -0.05) is 26.0 Å². The highest BCUT2D eigenvalue weighted by molar-refractivity contribution is 5.67. The fraction of sp³-hybridized carbons (Fsp3) is 0.588. The molecule has 1 aromatic rings. The highest BCUT2D eigenvalue weighted by atomic mass is 19.1. The van der Waals surface area contributed by atoms with Crippen molar-refractivity contribution in [1.82, 2.24) is 4.90 Å². The van der Waals surface area contributed by atoms with E-state index in [9.17, 15) is 14.3 Å². The summed E-state index contributed by atoms with van der Waals surface area (Å²) in [5, 5.41) is 18.7. The van der Waals surface area contributed by atoms with Crippen LogP contribution in [0.2, 0.25) is 0 Å². The van der Waals surface area contributed by atoms with E-state index >= 15 is 0 Å². The van der Waals surface area contributed by atoms with Gasteiger partial charge in [-0.15, -0.1) is 0 Å². The Labute approximate surface area is 130 Å². The number of likely N-dealkylation sites (tertiary alicyclic amines) is 1. The van der Waals surface area contributed by atoms with E-state index in [0.29, 0.717) is 18.4 Å². The van der Waals surface area contributed by atoms with Crippen LogP contribution in [0.3, 0.4) is 0 Å². The zero-order valence-electron chi connectivity index (χ0n) is 13.1. The first-order chi connectivity index (χ1) is 10.4. The maximum Gasteiger partial charge on any atom is 0.408 e. The van der Waals surface area contributed by atoms with Gasteiger partial charge in [0.25, 0.3) is 0 Å². The lowest BCUT2D eigenvalue weighted by molar-refractivity contribution is 0.0728. The zero-order chi connectivity index (χ0) is 16.3. The minimum Gasteiger partial charge on any atom is -0.465 e. The average Bonchev–Trinajstić information content (AvgIpc) is 2.91. The van der Waals surface area contributed by atoms with Crippen molar-refractivity contribution >= 4 is 6.09 Å². The molecule has 1 heterocycles. The largest absolute Gasteiger partial charge is 0.465 e. The number of amides is 1. The normalized spacial score (nSPS) is 22.1. The van der Waals surface area contributed by atoms with Gasteiger partial charge in [-0.25, -0.2) is 9.18 Å². The van der Waals surface area contributed by atoms with Crippen molar-refractivity contribution < 1.29 is 19.4 Å². The number of carboxylic acid groups (broad SMARTS) is 1. The summed E-state index contributed by atoms with van der Waals surface area (Å²) in [6.07, 6.45) is 1.90. The second-order valence-electron chi connectivity index (χ2n) is 6.67. The van der Waals surface area contributed by atoms with Crippen LogP contribution >= 0.6 is 0 Å². The molecule has 0 unspecified atom stereocenters. The van der Waals surface area contributed by atoms with Crippen molar-refractivity contribution in [3.05, 3.63) is 35.6 Å². The van der Waals surface area contributed by atoms with Crippen LogP contribution in [0, 0.1) is 11.2 Å². The number of hydrogen-bond donors (Lipinski definition) is 2. The standard InChI is InChI=1S/C17H24FNO3/c1-17(2,9-4-10-20)15-8-7-14(19(15)16(21)22)12-5-3-6-13(18)11-12/h3,5-6,11,14-15,20H,4,7-10H2,1-2H3,(H,21,22)/t14-,15+/m0/s1. The van der Waals surface area contributed by atoms with Gasteiger partial charge >= 0.3 is 6.09 Å². The molecular formula is C17H24FNO3. The number of aliphatic hydroxyl groups is 1. The van der Waals surface area contributed by atoms with Crippen molar-refractivity contribution in [2.45, 2.75) is 51.6 Å². The molecule has 1 amide bonds. The molecular weight excluding hydrogens is 285 g/mol. The minimum absolute atomic E-state index is 0.108. The number of hydrogen-bond acceptors (Lipinski definition) is 2. The molecule has 1 aliphatic heterocycles. The summed E-state index contributed by atoms with van der Waals surface area (Å²) >= 11 is 0. The molecule has 5 heteroatoms. The van der Waals surface area contributed by atoms with Gasteiger partial charge in [0.1, 0.15) is 5.82 Å². The topological polar surface area (TPSA) is 60.8 Å². The minimum atomic E-state index is -0.964. The number of aliphatic hydroxyl groups excluding tert-OH is 1. The first kappa shape index (κ1) is 16.7. The van der Waals surface area contributed by atoms with E-state index in [1.807, 2.05) is 13.8 Å². The molecule has 0 radical (unpaired) electrons. The molecule has 4 nitrogen and oxygen atoms in total. The van der Waals surface area contributed by atoms with Crippen molar-refractivity contribution in [2.75, 3.05) is 6.61 Å². The number of benzene rings is 1. The number of halogens is 1. The average molecular weight is 309 g/mol. The Bertz CT molecular complexity index is 532. The van der Waals surface area contributed by atoms with Gasteiger partial charge in [-0.3, -0.25) is 4.90 Å². The summed E-state index contributed by atoms with van der Waals surface area (Å²) in [5.74, 6) is -0.342. The molecule has 0 aromatic heterocycles. The molecule has 1 saturated heterocycles. The third-order valence-electron chi connectivity index (χ3n) is 4.72. The number of nitrogens with zero attached hydrogens (tertiary/aromatic N) is 1. The quantitative estimate of drug-likeness (QED) is 0.869. The van der Waals surface area contributed by atoms with Gasteiger partial charge in [0.15, 0.2) is 0 Å². The molecule has 1 aromatic carbocycles. The van der Waals surface area contributed by atoms with Crippen molar-refractivity contribution in [2.24, 2.45) is 5.41 Å². The highest BCUT2D eigenvalue weighted by Gasteiger charge is 2.45. The van der Waals surface area contributed by atoms with E-state index in [4.69, 9.17) is 5.11 Å². The van der Waals surface area contributed by atoms with Crippen molar-refractivity contribution in [3.8, 4) is 0 Å². The van der Waals surface area contributed by atoms with Crippen molar-refractivity contribution in [1.29, 1.82) is 0 Å². The Morgan fingerprint density at radius 1 is 1.41 bits per heavy atom.